The molecular formula is C14H19FN2OS. The number of carbonyl (C=O) groups is 1. The highest BCUT2D eigenvalue weighted by Gasteiger charge is 2.23. The van der Waals surface area contributed by atoms with E-state index in [1.165, 1.54) is 24.6 Å². The van der Waals surface area contributed by atoms with Crippen molar-refractivity contribution in [3.05, 3.63) is 29.6 Å². The minimum atomic E-state index is -0.489. The fourth-order valence-corrected chi connectivity index (χ4v) is 3.27. The average molecular weight is 282 g/mol. The van der Waals surface area contributed by atoms with Crippen molar-refractivity contribution in [1.82, 2.24) is 5.32 Å². The number of nitrogen functional groups attached to an aromatic ring is 1. The minimum Gasteiger partial charge on any atom is -0.396 e. The van der Waals surface area contributed by atoms with Crippen molar-refractivity contribution >= 4 is 23.4 Å². The fraction of sp³-hybridized carbons (Fsp3) is 0.500. The third kappa shape index (κ3) is 3.62. The quantitative estimate of drug-likeness (QED) is 0.838. The van der Waals surface area contributed by atoms with Crippen molar-refractivity contribution in [2.45, 2.75) is 37.0 Å². The van der Waals surface area contributed by atoms with E-state index < -0.39 is 5.82 Å². The van der Waals surface area contributed by atoms with Crippen LogP contribution in [0.15, 0.2) is 18.2 Å². The SMILES string of the molecule is CSC1CCCC(NC(=O)c2ccc(F)c(N)c2)C1. The van der Waals surface area contributed by atoms with Crippen molar-refractivity contribution in [1.29, 1.82) is 0 Å². The molecule has 2 atom stereocenters. The first-order chi connectivity index (χ1) is 9.10. The Labute approximate surface area is 117 Å². The van der Waals surface area contributed by atoms with Gasteiger partial charge >= 0.3 is 0 Å². The van der Waals surface area contributed by atoms with Crippen LogP contribution in [-0.4, -0.2) is 23.5 Å². The van der Waals surface area contributed by atoms with Gasteiger partial charge in [0.25, 0.3) is 5.91 Å². The summed E-state index contributed by atoms with van der Waals surface area (Å²) in [6.07, 6.45) is 6.48. The predicted octanol–water partition coefficient (Wildman–Crippen LogP) is 2.81. The summed E-state index contributed by atoms with van der Waals surface area (Å²) in [5.41, 5.74) is 5.91. The number of halogens is 1. The standard InChI is InChI=1S/C14H19FN2OS/c1-19-11-4-2-3-10(8-11)17-14(18)9-5-6-12(15)13(16)7-9/h5-7,10-11H,2-4,8,16H2,1H3,(H,17,18). The molecule has 19 heavy (non-hydrogen) atoms. The largest absolute Gasteiger partial charge is 0.396 e. The minimum absolute atomic E-state index is 0.0123. The molecule has 1 aromatic carbocycles. The van der Waals surface area contributed by atoms with Gasteiger partial charge in [-0.15, -0.1) is 0 Å². The average Bonchev–Trinajstić information content (AvgIpc) is 2.42. The number of hydrogen-bond acceptors (Lipinski definition) is 3. The van der Waals surface area contributed by atoms with Crippen LogP contribution in [-0.2, 0) is 0 Å². The van der Waals surface area contributed by atoms with E-state index in [4.69, 9.17) is 5.73 Å². The molecule has 1 aromatic rings. The van der Waals surface area contributed by atoms with Crippen molar-refractivity contribution in [3.63, 3.8) is 0 Å². The van der Waals surface area contributed by atoms with E-state index in [9.17, 15) is 9.18 Å². The Morgan fingerprint density at radius 1 is 1.47 bits per heavy atom. The van der Waals surface area contributed by atoms with Crippen LogP contribution in [0.2, 0.25) is 0 Å². The first-order valence-corrected chi connectivity index (χ1v) is 7.77. The van der Waals surface area contributed by atoms with Crippen molar-refractivity contribution in [2.75, 3.05) is 12.0 Å². The van der Waals surface area contributed by atoms with Crippen LogP contribution in [0.3, 0.4) is 0 Å². The molecule has 5 heteroatoms. The summed E-state index contributed by atoms with van der Waals surface area (Å²) in [6, 6.07) is 4.30. The van der Waals surface area contributed by atoms with Crippen LogP contribution in [0.4, 0.5) is 10.1 Å². The Morgan fingerprint density at radius 3 is 2.95 bits per heavy atom. The van der Waals surface area contributed by atoms with E-state index in [1.54, 1.807) is 0 Å². The fourth-order valence-electron chi connectivity index (χ4n) is 2.44. The lowest BCUT2D eigenvalue weighted by atomic mass is 9.94. The van der Waals surface area contributed by atoms with Crippen molar-refractivity contribution in [2.24, 2.45) is 0 Å². The lowest BCUT2D eigenvalue weighted by molar-refractivity contribution is 0.0928. The molecule has 2 rings (SSSR count). The molecule has 1 aliphatic carbocycles. The number of carbonyl (C=O) groups excluding carboxylic acids is 1. The molecule has 1 aliphatic rings. The van der Waals surface area contributed by atoms with Crippen LogP contribution < -0.4 is 11.1 Å². The molecule has 1 amide bonds. The molecule has 0 radical (unpaired) electrons. The molecular weight excluding hydrogens is 263 g/mol. The maximum Gasteiger partial charge on any atom is 0.251 e. The summed E-state index contributed by atoms with van der Waals surface area (Å²) in [4.78, 5) is 12.1. The molecule has 3 nitrogen and oxygen atoms in total. The van der Waals surface area contributed by atoms with Crippen LogP contribution >= 0.6 is 11.8 Å². The van der Waals surface area contributed by atoms with Gasteiger partial charge in [-0.3, -0.25) is 4.79 Å². The molecule has 2 unspecified atom stereocenters. The Hall–Kier alpha value is -1.23. The summed E-state index contributed by atoms with van der Waals surface area (Å²) < 4.78 is 13.1. The highest BCUT2D eigenvalue weighted by molar-refractivity contribution is 7.99. The van der Waals surface area contributed by atoms with Gasteiger partial charge < -0.3 is 11.1 Å². The molecule has 104 valence electrons. The Kier molecular flexibility index (Phi) is 4.69. The van der Waals surface area contributed by atoms with Gasteiger partial charge in [-0.25, -0.2) is 4.39 Å². The number of amides is 1. The van der Waals surface area contributed by atoms with E-state index >= 15 is 0 Å². The van der Waals surface area contributed by atoms with Gasteiger partial charge in [0.05, 0.1) is 5.69 Å². The molecule has 0 aromatic heterocycles. The Balaban J connectivity index is 1.98. The lowest BCUT2D eigenvalue weighted by Crippen LogP contribution is -2.39. The highest BCUT2D eigenvalue weighted by Crippen LogP contribution is 2.27. The van der Waals surface area contributed by atoms with Crippen molar-refractivity contribution < 1.29 is 9.18 Å². The van der Waals surface area contributed by atoms with Gasteiger partial charge in [0, 0.05) is 16.9 Å². The third-order valence-electron chi connectivity index (χ3n) is 3.55. The van der Waals surface area contributed by atoms with Gasteiger partial charge in [-0.1, -0.05) is 6.42 Å². The predicted molar refractivity (Wildman–Crippen MR) is 77.8 cm³/mol. The summed E-state index contributed by atoms with van der Waals surface area (Å²) in [7, 11) is 0. The van der Waals surface area contributed by atoms with E-state index in [0.717, 1.165) is 19.3 Å². The van der Waals surface area contributed by atoms with Gasteiger partial charge in [-0.2, -0.15) is 11.8 Å². The number of rotatable bonds is 3. The van der Waals surface area contributed by atoms with Crippen LogP contribution in [0, 0.1) is 5.82 Å². The van der Waals surface area contributed by atoms with Gasteiger partial charge in [-0.05, 0) is 43.7 Å². The summed E-state index contributed by atoms with van der Waals surface area (Å²) in [6.45, 7) is 0. The van der Waals surface area contributed by atoms with E-state index in [1.807, 2.05) is 11.8 Å². The van der Waals surface area contributed by atoms with Gasteiger partial charge in [0.15, 0.2) is 0 Å². The smallest absolute Gasteiger partial charge is 0.251 e. The Bertz CT molecular complexity index is 467. The lowest BCUT2D eigenvalue weighted by Gasteiger charge is -2.28. The van der Waals surface area contributed by atoms with Gasteiger partial charge in [0.1, 0.15) is 5.82 Å². The monoisotopic (exact) mass is 282 g/mol. The number of nitrogens with one attached hydrogen (secondary N) is 1. The summed E-state index contributed by atoms with van der Waals surface area (Å²) in [5, 5.41) is 3.64. The number of benzene rings is 1. The Morgan fingerprint density at radius 2 is 2.26 bits per heavy atom. The summed E-state index contributed by atoms with van der Waals surface area (Å²) in [5.74, 6) is -0.657. The molecule has 0 saturated heterocycles. The zero-order chi connectivity index (χ0) is 13.8. The molecule has 0 heterocycles. The molecule has 3 N–H and O–H groups in total. The normalized spacial score (nSPS) is 23.1. The van der Waals surface area contributed by atoms with Crippen LogP contribution in [0.25, 0.3) is 0 Å². The van der Waals surface area contributed by atoms with Crippen LogP contribution in [0.1, 0.15) is 36.0 Å². The second kappa shape index (κ2) is 6.28. The number of thioether (sulfide) groups is 1. The first kappa shape index (κ1) is 14.2. The molecule has 0 spiro atoms. The van der Waals surface area contributed by atoms with Gasteiger partial charge in [0.2, 0.25) is 0 Å². The topological polar surface area (TPSA) is 55.1 Å². The number of nitrogens with two attached hydrogens (primary N) is 1. The van der Waals surface area contributed by atoms with E-state index in [0.29, 0.717) is 10.8 Å². The zero-order valence-corrected chi connectivity index (χ0v) is 11.8. The molecule has 0 bridgehead atoms. The highest BCUT2D eigenvalue weighted by atomic mass is 32.2. The first-order valence-electron chi connectivity index (χ1n) is 6.49. The molecule has 1 saturated carbocycles. The molecule has 0 aliphatic heterocycles. The van der Waals surface area contributed by atoms with Crippen LogP contribution in [0.5, 0.6) is 0 Å². The third-order valence-corrected chi connectivity index (χ3v) is 4.65. The summed E-state index contributed by atoms with van der Waals surface area (Å²) >= 11 is 1.86. The number of hydrogen-bond donors (Lipinski definition) is 2. The second-order valence-electron chi connectivity index (χ2n) is 4.93. The zero-order valence-electron chi connectivity index (χ0n) is 11.0. The molecule has 1 fully saturated rings. The van der Waals surface area contributed by atoms with E-state index in [-0.39, 0.29) is 17.6 Å². The maximum atomic E-state index is 13.1. The maximum absolute atomic E-state index is 13.1. The van der Waals surface area contributed by atoms with Crippen molar-refractivity contribution in [3.8, 4) is 0 Å². The van der Waals surface area contributed by atoms with E-state index in [2.05, 4.69) is 11.6 Å². The number of anilines is 1. The second-order valence-corrected chi connectivity index (χ2v) is 6.07.